The highest BCUT2D eigenvalue weighted by Crippen LogP contribution is 2.34. The lowest BCUT2D eigenvalue weighted by Gasteiger charge is -2.37. The molecule has 1 aliphatic heterocycles. The molecule has 0 radical (unpaired) electrons. The van der Waals surface area contributed by atoms with Gasteiger partial charge in [-0.25, -0.2) is 4.79 Å². The van der Waals surface area contributed by atoms with Crippen molar-refractivity contribution in [2.24, 2.45) is 0 Å². The number of amides is 2. The summed E-state index contributed by atoms with van der Waals surface area (Å²) in [7, 11) is 0. The van der Waals surface area contributed by atoms with E-state index in [0.29, 0.717) is 31.9 Å². The van der Waals surface area contributed by atoms with Gasteiger partial charge in [-0.2, -0.15) is 22.7 Å². The first-order valence-electron chi connectivity index (χ1n) is 12.1. The van der Waals surface area contributed by atoms with Crippen LogP contribution in [-0.2, 0) is 22.3 Å². The van der Waals surface area contributed by atoms with Crippen LogP contribution in [0.15, 0.2) is 27.7 Å². The molecule has 2 amide bonds. The molecule has 1 aliphatic rings. The molecular formula is C24H26BrClF3N7O4. The molecule has 1 saturated heterocycles. The highest BCUT2D eigenvalue weighted by molar-refractivity contribution is 9.10. The molecule has 1 N–H and O–H groups in total. The molecule has 1 fully saturated rings. The van der Waals surface area contributed by atoms with Crippen molar-refractivity contribution in [2.45, 2.75) is 46.0 Å². The van der Waals surface area contributed by atoms with Crippen LogP contribution in [0.4, 0.5) is 29.3 Å². The van der Waals surface area contributed by atoms with Crippen LogP contribution in [0, 0.1) is 6.92 Å². The highest BCUT2D eigenvalue weighted by atomic mass is 79.9. The van der Waals surface area contributed by atoms with Crippen LogP contribution in [0.2, 0.25) is 5.02 Å². The van der Waals surface area contributed by atoms with Crippen LogP contribution in [0.5, 0.6) is 0 Å². The standard InChI is InChI=1S/C24H26BrClF3N7O4/c1-13-18(33-7-9-34(10-8-33)22(39)40-23(2,3)4)19(38)36-21(31-20(25)32-36)35(13)12-17(37)30-16-6-5-14(11-15(16)26)24(27,28)29/h5-6,11H,7-10,12H2,1-4H3,(H,30,37). The number of carbonyl (C=O) groups excluding carboxylic acids is 2. The lowest BCUT2D eigenvalue weighted by Crippen LogP contribution is -2.51. The van der Waals surface area contributed by atoms with Gasteiger partial charge in [0.15, 0.2) is 0 Å². The zero-order chi connectivity index (χ0) is 29.6. The van der Waals surface area contributed by atoms with Gasteiger partial charge in [0, 0.05) is 31.9 Å². The first-order valence-corrected chi connectivity index (χ1v) is 13.3. The highest BCUT2D eigenvalue weighted by Gasteiger charge is 2.32. The van der Waals surface area contributed by atoms with Crippen LogP contribution in [0.1, 0.15) is 32.0 Å². The summed E-state index contributed by atoms with van der Waals surface area (Å²) in [6, 6.07) is 2.61. The molecule has 0 spiro atoms. The predicted octanol–water partition coefficient (Wildman–Crippen LogP) is 4.33. The van der Waals surface area contributed by atoms with Gasteiger partial charge in [-0.05, 0) is 61.8 Å². The number of carbonyl (C=O) groups is 2. The van der Waals surface area contributed by atoms with E-state index in [0.717, 1.165) is 22.7 Å². The minimum absolute atomic E-state index is 0.00415. The third-order valence-corrected chi connectivity index (χ3v) is 6.72. The molecule has 216 valence electrons. The molecule has 2 aromatic heterocycles. The Bertz CT molecular complexity index is 1530. The number of benzene rings is 1. The van der Waals surface area contributed by atoms with Crippen molar-refractivity contribution in [3.8, 4) is 0 Å². The van der Waals surface area contributed by atoms with E-state index in [-0.39, 0.29) is 33.5 Å². The number of ether oxygens (including phenoxy) is 1. The maximum atomic E-state index is 13.4. The molecule has 0 atom stereocenters. The van der Waals surface area contributed by atoms with Crippen LogP contribution in [0.25, 0.3) is 5.78 Å². The molecule has 3 heterocycles. The van der Waals surface area contributed by atoms with Gasteiger partial charge in [-0.1, -0.05) is 11.6 Å². The fraction of sp³-hybridized carbons (Fsp3) is 0.458. The summed E-state index contributed by atoms with van der Waals surface area (Å²) in [6.07, 6.45) is -5.03. The summed E-state index contributed by atoms with van der Waals surface area (Å²) in [5, 5.41) is 6.34. The monoisotopic (exact) mass is 647 g/mol. The smallest absolute Gasteiger partial charge is 0.416 e. The molecule has 0 aliphatic carbocycles. The van der Waals surface area contributed by atoms with Gasteiger partial charge in [-0.15, -0.1) is 5.10 Å². The molecule has 4 rings (SSSR count). The molecule has 0 bridgehead atoms. The average Bonchev–Trinajstić information content (AvgIpc) is 3.23. The number of hydrogen-bond acceptors (Lipinski definition) is 7. The fourth-order valence-corrected chi connectivity index (χ4v) is 4.79. The van der Waals surface area contributed by atoms with Gasteiger partial charge in [-0.3, -0.25) is 9.59 Å². The second-order valence-electron chi connectivity index (χ2n) is 10.1. The second kappa shape index (κ2) is 10.9. The van der Waals surface area contributed by atoms with E-state index >= 15 is 0 Å². The lowest BCUT2D eigenvalue weighted by molar-refractivity contribution is -0.137. The van der Waals surface area contributed by atoms with Gasteiger partial charge in [0.1, 0.15) is 17.8 Å². The van der Waals surface area contributed by atoms with Crippen LogP contribution in [0.3, 0.4) is 0 Å². The molecule has 1 aromatic carbocycles. The van der Waals surface area contributed by atoms with Crippen molar-refractivity contribution in [1.29, 1.82) is 0 Å². The van der Waals surface area contributed by atoms with Crippen molar-refractivity contribution in [3.63, 3.8) is 0 Å². The third-order valence-electron chi connectivity index (χ3n) is 6.07. The van der Waals surface area contributed by atoms with Crippen molar-refractivity contribution in [1.82, 2.24) is 24.1 Å². The minimum atomic E-state index is -4.58. The summed E-state index contributed by atoms with van der Waals surface area (Å²) < 4.78 is 47.0. The largest absolute Gasteiger partial charge is 0.444 e. The van der Waals surface area contributed by atoms with Crippen molar-refractivity contribution in [2.75, 3.05) is 36.4 Å². The Kier molecular flexibility index (Phi) is 8.09. The molecule has 16 heteroatoms. The quantitative estimate of drug-likeness (QED) is 0.448. The number of alkyl halides is 3. The SMILES string of the molecule is Cc1c(N2CCN(C(=O)OC(C)(C)C)CC2)c(=O)n2nc(Br)nc2n1CC(=O)Nc1ccc(C(F)(F)F)cc1Cl. The van der Waals surface area contributed by atoms with Gasteiger partial charge in [0.25, 0.3) is 5.56 Å². The number of nitrogens with zero attached hydrogens (tertiary/aromatic N) is 6. The van der Waals surface area contributed by atoms with E-state index in [9.17, 15) is 27.6 Å². The Morgan fingerprint density at radius 1 is 1.15 bits per heavy atom. The normalized spacial score (nSPS) is 14.5. The second-order valence-corrected chi connectivity index (χ2v) is 11.2. The summed E-state index contributed by atoms with van der Waals surface area (Å²) in [4.78, 5) is 46.5. The Morgan fingerprint density at radius 2 is 1.80 bits per heavy atom. The third kappa shape index (κ3) is 6.35. The molecule has 0 unspecified atom stereocenters. The topological polar surface area (TPSA) is 114 Å². The van der Waals surface area contributed by atoms with Gasteiger partial charge in [0.05, 0.1) is 16.3 Å². The number of hydrogen-bond donors (Lipinski definition) is 1. The summed E-state index contributed by atoms with van der Waals surface area (Å²) in [5.41, 5.74) is -1.37. The van der Waals surface area contributed by atoms with Crippen LogP contribution >= 0.6 is 27.5 Å². The number of nitrogens with one attached hydrogen (secondary N) is 1. The Balaban J connectivity index is 1.60. The Hall–Kier alpha value is -3.33. The van der Waals surface area contributed by atoms with Crippen molar-refractivity contribution < 1.29 is 27.5 Å². The maximum Gasteiger partial charge on any atom is 0.416 e. The molecule has 40 heavy (non-hydrogen) atoms. The average molecular weight is 649 g/mol. The number of rotatable bonds is 4. The van der Waals surface area contributed by atoms with Crippen molar-refractivity contribution >= 4 is 56.7 Å². The van der Waals surface area contributed by atoms with E-state index in [1.54, 1.807) is 37.5 Å². The van der Waals surface area contributed by atoms with Crippen LogP contribution < -0.4 is 15.8 Å². The zero-order valence-electron chi connectivity index (χ0n) is 22.0. The van der Waals surface area contributed by atoms with E-state index in [4.69, 9.17) is 16.3 Å². The summed E-state index contributed by atoms with van der Waals surface area (Å²) >= 11 is 9.15. The van der Waals surface area contributed by atoms with E-state index in [1.807, 2.05) is 0 Å². The number of anilines is 2. The molecule has 0 saturated carbocycles. The van der Waals surface area contributed by atoms with Gasteiger partial charge in [0.2, 0.25) is 16.4 Å². The van der Waals surface area contributed by atoms with E-state index < -0.39 is 34.9 Å². The molecular weight excluding hydrogens is 623 g/mol. The van der Waals surface area contributed by atoms with Crippen LogP contribution in [-0.4, -0.2) is 67.8 Å². The molecule has 11 nitrogen and oxygen atoms in total. The first kappa shape index (κ1) is 29.6. The van der Waals surface area contributed by atoms with Crippen molar-refractivity contribution in [3.05, 3.63) is 49.6 Å². The fourth-order valence-electron chi connectivity index (χ4n) is 4.24. The number of piperazine rings is 1. The number of halogens is 5. The van der Waals surface area contributed by atoms with E-state index in [1.165, 1.54) is 4.57 Å². The lowest BCUT2D eigenvalue weighted by atomic mass is 10.2. The van der Waals surface area contributed by atoms with Gasteiger partial charge < -0.3 is 24.4 Å². The van der Waals surface area contributed by atoms with Gasteiger partial charge >= 0.3 is 12.3 Å². The Labute approximate surface area is 240 Å². The zero-order valence-corrected chi connectivity index (χ0v) is 24.3. The summed E-state index contributed by atoms with van der Waals surface area (Å²) in [6.45, 7) is 7.90. The number of aromatic nitrogens is 4. The Morgan fingerprint density at radius 3 is 2.38 bits per heavy atom. The predicted molar refractivity (Wildman–Crippen MR) is 145 cm³/mol. The maximum absolute atomic E-state index is 13.4. The summed E-state index contributed by atoms with van der Waals surface area (Å²) in [5.74, 6) is -0.533. The first-order chi connectivity index (χ1) is 18.5. The minimum Gasteiger partial charge on any atom is -0.444 e. The molecule has 3 aromatic rings. The number of fused-ring (bicyclic) bond motifs is 1. The van der Waals surface area contributed by atoms with E-state index in [2.05, 4.69) is 31.3 Å².